The first-order chi connectivity index (χ1) is 16.4. The van der Waals surface area contributed by atoms with Crippen molar-refractivity contribution >= 4 is 18.2 Å². The van der Waals surface area contributed by atoms with E-state index in [2.05, 4.69) is 20.9 Å². The van der Waals surface area contributed by atoms with Crippen LogP contribution in [0.5, 0.6) is 0 Å². The summed E-state index contributed by atoms with van der Waals surface area (Å²) in [7, 11) is 0. The molecule has 4 N–H and O–H groups in total. The molecule has 2 aliphatic rings. The van der Waals surface area contributed by atoms with Crippen LogP contribution in [0.1, 0.15) is 51.5 Å². The van der Waals surface area contributed by atoms with Gasteiger partial charge in [0, 0.05) is 19.1 Å². The molecule has 0 spiro atoms. The molecule has 1 aliphatic heterocycles. The van der Waals surface area contributed by atoms with E-state index in [0.29, 0.717) is 31.2 Å². The number of piperidine rings is 1. The largest absolute Gasteiger partial charge is 0.390 e. The Morgan fingerprint density at radius 1 is 1.12 bits per heavy atom. The summed E-state index contributed by atoms with van der Waals surface area (Å²) in [6.07, 6.45) is 5.66. The standard InChI is InChI=1S/C26H40N4O4/c1-18(2)28-26(34)23-13-20-10-6-7-11-21(20)15-30(23)16-24(32)22(29-25(33)14-27-17-31)12-19-8-4-3-5-9-19/h3-5,8-9,17-18,20-24,32H,6-7,10-16H2,1-2H3,(H,27,31)(H,28,34)(H,29,33). The van der Waals surface area contributed by atoms with Gasteiger partial charge >= 0.3 is 0 Å². The number of nitrogens with zero attached hydrogens (tertiary/aromatic N) is 1. The summed E-state index contributed by atoms with van der Waals surface area (Å²) in [6, 6.07) is 8.93. The Labute approximate surface area is 202 Å². The lowest BCUT2D eigenvalue weighted by Gasteiger charge is -2.46. The molecule has 3 amide bonds. The van der Waals surface area contributed by atoms with Gasteiger partial charge in [0.2, 0.25) is 18.2 Å². The van der Waals surface area contributed by atoms with Gasteiger partial charge in [-0.05, 0) is 50.5 Å². The first-order valence-electron chi connectivity index (χ1n) is 12.6. The predicted octanol–water partition coefficient (Wildman–Crippen LogP) is 1.23. The van der Waals surface area contributed by atoms with Crippen molar-refractivity contribution in [3.05, 3.63) is 35.9 Å². The summed E-state index contributed by atoms with van der Waals surface area (Å²) >= 11 is 0. The van der Waals surface area contributed by atoms with Gasteiger partial charge in [0.05, 0.1) is 24.7 Å². The van der Waals surface area contributed by atoms with E-state index < -0.39 is 12.1 Å². The smallest absolute Gasteiger partial charge is 0.239 e. The van der Waals surface area contributed by atoms with Crippen LogP contribution >= 0.6 is 0 Å². The number of carbonyl (C=O) groups excluding carboxylic acids is 3. The first kappa shape index (κ1) is 26.2. The van der Waals surface area contributed by atoms with Gasteiger partial charge in [0.1, 0.15) is 0 Å². The second-order valence-corrected chi connectivity index (χ2v) is 10.1. The van der Waals surface area contributed by atoms with Crippen LogP contribution in [-0.4, -0.2) is 72.1 Å². The highest BCUT2D eigenvalue weighted by Gasteiger charge is 2.41. The number of fused-ring (bicyclic) bond motifs is 1. The number of aliphatic hydroxyl groups is 1. The van der Waals surface area contributed by atoms with Gasteiger partial charge < -0.3 is 21.1 Å². The third-order valence-electron chi connectivity index (χ3n) is 7.11. The number of aliphatic hydroxyl groups excluding tert-OH is 1. The van der Waals surface area contributed by atoms with E-state index >= 15 is 0 Å². The summed E-state index contributed by atoms with van der Waals surface area (Å²) in [5.41, 5.74) is 0.996. The van der Waals surface area contributed by atoms with Gasteiger partial charge in [0.15, 0.2) is 0 Å². The molecule has 1 aliphatic carbocycles. The fourth-order valence-electron chi connectivity index (χ4n) is 5.47. The summed E-state index contributed by atoms with van der Waals surface area (Å²) < 4.78 is 0. The fourth-order valence-corrected chi connectivity index (χ4v) is 5.47. The van der Waals surface area contributed by atoms with Crippen LogP contribution in [0.25, 0.3) is 0 Å². The number of rotatable bonds is 11. The summed E-state index contributed by atoms with van der Waals surface area (Å²) in [6.45, 7) is 4.87. The van der Waals surface area contributed by atoms with Gasteiger partial charge in [-0.15, -0.1) is 0 Å². The molecular formula is C26H40N4O4. The molecule has 8 nitrogen and oxygen atoms in total. The lowest BCUT2D eigenvalue weighted by molar-refractivity contribution is -0.132. The van der Waals surface area contributed by atoms with Crippen molar-refractivity contribution < 1.29 is 19.5 Å². The van der Waals surface area contributed by atoms with Crippen molar-refractivity contribution in [2.45, 2.75) is 76.6 Å². The molecule has 0 bridgehead atoms. The Bertz CT molecular complexity index is 803. The highest BCUT2D eigenvalue weighted by atomic mass is 16.3. The van der Waals surface area contributed by atoms with E-state index in [-0.39, 0.29) is 30.4 Å². The minimum atomic E-state index is -0.866. The molecule has 1 saturated heterocycles. The van der Waals surface area contributed by atoms with Crippen LogP contribution in [-0.2, 0) is 20.8 Å². The zero-order chi connectivity index (χ0) is 24.5. The van der Waals surface area contributed by atoms with Crippen LogP contribution < -0.4 is 16.0 Å². The zero-order valence-corrected chi connectivity index (χ0v) is 20.4. The van der Waals surface area contributed by atoms with Crippen LogP contribution in [0.2, 0.25) is 0 Å². The molecule has 8 heteroatoms. The maximum Gasteiger partial charge on any atom is 0.239 e. The van der Waals surface area contributed by atoms with E-state index in [1.165, 1.54) is 19.3 Å². The molecule has 5 unspecified atom stereocenters. The third-order valence-corrected chi connectivity index (χ3v) is 7.11. The third kappa shape index (κ3) is 7.53. The van der Waals surface area contributed by atoms with Crippen LogP contribution in [0.3, 0.4) is 0 Å². The molecule has 1 aromatic rings. The van der Waals surface area contributed by atoms with E-state index in [9.17, 15) is 19.5 Å². The highest BCUT2D eigenvalue weighted by molar-refractivity contribution is 5.82. The average Bonchev–Trinajstić information content (AvgIpc) is 2.82. The molecular weight excluding hydrogens is 432 g/mol. The lowest BCUT2D eigenvalue weighted by atomic mass is 9.72. The number of carbonyl (C=O) groups is 3. The van der Waals surface area contributed by atoms with E-state index in [4.69, 9.17) is 0 Å². The average molecular weight is 473 g/mol. The summed E-state index contributed by atoms with van der Waals surface area (Å²) in [4.78, 5) is 38.2. The van der Waals surface area contributed by atoms with Crippen molar-refractivity contribution in [2.24, 2.45) is 11.8 Å². The monoisotopic (exact) mass is 472 g/mol. The molecule has 1 saturated carbocycles. The van der Waals surface area contributed by atoms with Crippen LogP contribution in [0, 0.1) is 11.8 Å². The molecule has 188 valence electrons. The fraction of sp³-hybridized carbons (Fsp3) is 0.654. The van der Waals surface area contributed by atoms with Crippen molar-refractivity contribution in [1.29, 1.82) is 0 Å². The quantitative estimate of drug-likeness (QED) is 0.362. The topological polar surface area (TPSA) is 111 Å². The van der Waals surface area contributed by atoms with Crippen LogP contribution in [0.15, 0.2) is 30.3 Å². The Balaban J connectivity index is 1.74. The zero-order valence-electron chi connectivity index (χ0n) is 20.4. The SMILES string of the molecule is CC(C)NC(=O)C1CC2CCCCC2CN1CC(O)C(Cc1ccccc1)NC(=O)CNC=O. The Hall–Kier alpha value is -2.45. The van der Waals surface area contributed by atoms with E-state index in [1.54, 1.807) is 0 Å². The summed E-state index contributed by atoms with van der Waals surface area (Å²) in [5.74, 6) is 0.763. The minimum Gasteiger partial charge on any atom is -0.390 e. The molecule has 1 aromatic carbocycles. The Morgan fingerprint density at radius 3 is 2.50 bits per heavy atom. The maximum atomic E-state index is 13.1. The Kier molecular flexibility index (Phi) is 9.89. The number of benzene rings is 1. The number of nitrogens with one attached hydrogen (secondary N) is 3. The van der Waals surface area contributed by atoms with Gasteiger partial charge in [0.25, 0.3) is 0 Å². The molecule has 34 heavy (non-hydrogen) atoms. The molecule has 2 fully saturated rings. The van der Waals surface area contributed by atoms with Crippen molar-refractivity contribution in [3.63, 3.8) is 0 Å². The molecule has 1 heterocycles. The van der Waals surface area contributed by atoms with Crippen molar-refractivity contribution in [3.8, 4) is 0 Å². The lowest BCUT2D eigenvalue weighted by Crippen LogP contribution is -2.59. The van der Waals surface area contributed by atoms with Gasteiger partial charge in [-0.2, -0.15) is 0 Å². The summed E-state index contributed by atoms with van der Waals surface area (Å²) in [5, 5.41) is 19.6. The van der Waals surface area contributed by atoms with Crippen LogP contribution in [0.4, 0.5) is 0 Å². The molecule has 5 atom stereocenters. The molecule has 3 rings (SSSR count). The number of hydrogen-bond acceptors (Lipinski definition) is 5. The number of amides is 3. The van der Waals surface area contributed by atoms with Gasteiger partial charge in [-0.1, -0.05) is 49.6 Å². The maximum absolute atomic E-state index is 13.1. The second kappa shape index (κ2) is 12.9. The number of hydrogen-bond donors (Lipinski definition) is 4. The van der Waals surface area contributed by atoms with E-state index in [0.717, 1.165) is 24.9 Å². The number of likely N-dealkylation sites (tertiary alicyclic amines) is 1. The minimum absolute atomic E-state index is 0.0186. The van der Waals surface area contributed by atoms with Gasteiger partial charge in [-0.25, -0.2) is 0 Å². The normalized spacial score (nSPS) is 24.5. The van der Waals surface area contributed by atoms with E-state index in [1.807, 2.05) is 44.2 Å². The van der Waals surface area contributed by atoms with Gasteiger partial charge in [-0.3, -0.25) is 19.3 Å². The first-order valence-corrected chi connectivity index (χ1v) is 12.6. The Morgan fingerprint density at radius 2 is 1.82 bits per heavy atom. The predicted molar refractivity (Wildman–Crippen MR) is 131 cm³/mol. The second-order valence-electron chi connectivity index (χ2n) is 10.1. The molecule has 0 aromatic heterocycles. The van der Waals surface area contributed by atoms with Crippen molar-refractivity contribution in [1.82, 2.24) is 20.9 Å². The highest BCUT2D eigenvalue weighted by Crippen LogP contribution is 2.38. The number of β-amino-alcohol motifs (C(OH)–C–C–N with tert-alkyl or cyclic N) is 1. The van der Waals surface area contributed by atoms with Crippen molar-refractivity contribution in [2.75, 3.05) is 19.6 Å². The molecule has 0 radical (unpaired) electrons.